The van der Waals surface area contributed by atoms with E-state index in [2.05, 4.69) is 0 Å². The zero-order valence-corrected chi connectivity index (χ0v) is 15.3. The summed E-state index contributed by atoms with van der Waals surface area (Å²) in [4.78, 5) is 25.9. The van der Waals surface area contributed by atoms with Crippen LogP contribution in [0.3, 0.4) is 0 Å². The van der Waals surface area contributed by atoms with Crippen LogP contribution in [0.15, 0.2) is 0 Å². The van der Waals surface area contributed by atoms with Gasteiger partial charge in [-0.05, 0) is 72.6 Å². The molecule has 1 saturated carbocycles. The Morgan fingerprint density at radius 1 is 0.913 bits per heavy atom. The van der Waals surface area contributed by atoms with E-state index < -0.39 is 11.2 Å². The number of nitrogens with zero attached hydrogens (tertiary/aromatic N) is 1. The van der Waals surface area contributed by atoms with Crippen LogP contribution in [-0.2, 0) is 14.3 Å². The van der Waals surface area contributed by atoms with Crippen LogP contribution in [0.25, 0.3) is 0 Å². The predicted molar refractivity (Wildman–Crippen MR) is 88.0 cm³/mol. The van der Waals surface area contributed by atoms with Crippen molar-refractivity contribution in [1.82, 2.24) is 4.90 Å². The molecule has 2 atom stereocenters. The lowest BCUT2D eigenvalue weighted by Gasteiger charge is -2.33. The Balaban J connectivity index is 1.76. The minimum absolute atomic E-state index is 0.0583. The number of esters is 1. The van der Waals surface area contributed by atoms with Crippen LogP contribution in [-0.4, -0.2) is 41.3 Å². The lowest BCUT2D eigenvalue weighted by Crippen LogP contribution is -2.42. The first-order chi connectivity index (χ1) is 10.5. The molecule has 5 heteroatoms. The van der Waals surface area contributed by atoms with Crippen molar-refractivity contribution in [3.8, 4) is 0 Å². The van der Waals surface area contributed by atoms with E-state index >= 15 is 0 Å². The average molecular weight is 325 g/mol. The molecule has 1 saturated heterocycles. The SMILES string of the molecule is CC(C)(C)OC(=O)C1CC1C1CCN(C(=O)OC(C)(C)C)CC1. The molecular weight excluding hydrogens is 294 g/mol. The van der Waals surface area contributed by atoms with Gasteiger partial charge in [0.2, 0.25) is 0 Å². The normalized spacial score (nSPS) is 25.9. The van der Waals surface area contributed by atoms with Gasteiger partial charge in [0.05, 0.1) is 5.92 Å². The highest BCUT2D eigenvalue weighted by Crippen LogP contribution is 2.49. The van der Waals surface area contributed by atoms with Crippen LogP contribution < -0.4 is 0 Å². The van der Waals surface area contributed by atoms with E-state index in [0.717, 1.165) is 32.4 Å². The summed E-state index contributed by atoms with van der Waals surface area (Å²) in [5.41, 5.74) is -0.865. The minimum Gasteiger partial charge on any atom is -0.460 e. The molecule has 0 aromatic heterocycles. The quantitative estimate of drug-likeness (QED) is 0.728. The Kier molecular flexibility index (Phi) is 4.97. The van der Waals surface area contributed by atoms with Crippen molar-refractivity contribution in [2.45, 2.75) is 72.0 Å². The van der Waals surface area contributed by atoms with Gasteiger partial charge >= 0.3 is 12.1 Å². The zero-order valence-electron chi connectivity index (χ0n) is 15.3. The Labute approximate surface area is 139 Å². The van der Waals surface area contributed by atoms with E-state index in [1.165, 1.54) is 0 Å². The molecule has 23 heavy (non-hydrogen) atoms. The second-order valence-corrected chi connectivity index (χ2v) is 8.84. The standard InChI is InChI=1S/C18H31NO4/c1-17(2,3)22-15(20)14-11-13(14)12-7-9-19(10-8-12)16(21)23-18(4,5)6/h12-14H,7-11H2,1-6H3. The molecule has 0 aromatic carbocycles. The maximum atomic E-state index is 12.1. The topological polar surface area (TPSA) is 55.8 Å². The molecule has 0 N–H and O–H groups in total. The smallest absolute Gasteiger partial charge is 0.410 e. The summed E-state index contributed by atoms with van der Waals surface area (Å²) < 4.78 is 10.9. The molecule has 1 aliphatic carbocycles. The third kappa shape index (κ3) is 5.40. The van der Waals surface area contributed by atoms with Gasteiger partial charge in [-0.2, -0.15) is 0 Å². The van der Waals surface area contributed by atoms with Gasteiger partial charge in [-0.1, -0.05) is 0 Å². The lowest BCUT2D eigenvalue weighted by atomic mass is 9.91. The number of likely N-dealkylation sites (tertiary alicyclic amines) is 1. The predicted octanol–water partition coefficient (Wildman–Crippen LogP) is 3.61. The van der Waals surface area contributed by atoms with Crippen LogP contribution in [0.4, 0.5) is 4.79 Å². The van der Waals surface area contributed by atoms with Crippen molar-refractivity contribution in [1.29, 1.82) is 0 Å². The molecule has 2 aliphatic rings. The number of hydrogen-bond acceptors (Lipinski definition) is 4. The molecule has 0 bridgehead atoms. The second-order valence-electron chi connectivity index (χ2n) is 8.84. The van der Waals surface area contributed by atoms with Crippen LogP contribution in [0.2, 0.25) is 0 Å². The summed E-state index contributed by atoms with van der Waals surface area (Å²) in [6.45, 7) is 12.8. The monoisotopic (exact) mass is 325 g/mol. The van der Waals surface area contributed by atoms with E-state index in [1.54, 1.807) is 4.90 Å². The molecule has 0 radical (unpaired) electrons. The van der Waals surface area contributed by atoms with Crippen molar-refractivity contribution in [3.05, 3.63) is 0 Å². The van der Waals surface area contributed by atoms with Crippen LogP contribution in [0.1, 0.15) is 60.8 Å². The van der Waals surface area contributed by atoms with E-state index in [-0.39, 0.29) is 18.0 Å². The van der Waals surface area contributed by atoms with E-state index in [0.29, 0.717) is 11.8 Å². The first-order valence-corrected chi connectivity index (χ1v) is 8.67. The van der Waals surface area contributed by atoms with Gasteiger partial charge in [0.15, 0.2) is 0 Å². The molecule has 132 valence electrons. The Morgan fingerprint density at radius 3 is 1.91 bits per heavy atom. The summed E-state index contributed by atoms with van der Waals surface area (Å²) >= 11 is 0. The summed E-state index contributed by atoms with van der Waals surface area (Å²) in [5, 5.41) is 0. The molecule has 2 rings (SSSR count). The fourth-order valence-electron chi connectivity index (χ4n) is 3.22. The zero-order chi connectivity index (χ0) is 17.4. The maximum Gasteiger partial charge on any atom is 0.410 e. The molecule has 1 amide bonds. The van der Waals surface area contributed by atoms with Crippen LogP contribution in [0.5, 0.6) is 0 Å². The molecule has 0 spiro atoms. The van der Waals surface area contributed by atoms with E-state index in [9.17, 15) is 9.59 Å². The van der Waals surface area contributed by atoms with Crippen molar-refractivity contribution in [2.24, 2.45) is 17.8 Å². The van der Waals surface area contributed by atoms with Gasteiger partial charge in [0.25, 0.3) is 0 Å². The fourth-order valence-corrected chi connectivity index (χ4v) is 3.22. The second kappa shape index (κ2) is 6.33. The molecule has 1 aliphatic heterocycles. The highest BCUT2D eigenvalue weighted by Gasteiger charge is 2.50. The van der Waals surface area contributed by atoms with Gasteiger partial charge in [-0.15, -0.1) is 0 Å². The van der Waals surface area contributed by atoms with Crippen LogP contribution in [0, 0.1) is 17.8 Å². The van der Waals surface area contributed by atoms with Gasteiger partial charge in [-0.3, -0.25) is 4.79 Å². The number of carbonyl (C=O) groups is 2. The molecule has 0 aromatic rings. The van der Waals surface area contributed by atoms with Gasteiger partial charge < -0.3 is 14.4 Å². The van der Waals surface area contributed by atoms with Crippen molar-refractivity contribution in [3.63, 3.8) is 0 Å². The summed E-state index contributed by atoms with van der Waals surface area (Å²) in [5.74, 6) is 0.959. The summed E-state index contributed by atoms with van der Waals surface area (Å²) in [7, 11) is 0. The molecular formula is C18H31NO4. The molecule has 5 nitrogen and oxygen atoms in total. The molecule has 2 unspecified atom stereocenters. The van der Waals surface area contributed by atoms with Gasteiger partial charge in [0, 0.05) is 13.1 Å². The first-order valence-electron chi connectivity index (χ1n) is 8.67. The molecule has 1 heterocycles. The minimum atomic E-state index is -0.452. The molecule has 2 fully saturated rings. The highest BCUT2D eigenvalue weighted by atomic mass is 16.6. The van der Waals surface area contributed by atoms with Crippen molar-refractivity contribution < 1.29 is 19.1 Å². The third-order valence-electron chi connectivity index (χ3n) is 4.35. The van der Waals surface area contributed by atoms with Crippen molar-refractivity contribution in [2.75, 3.05) is 13.1 Å². The number of amides is 1. The van der Waals surface area contributed by atoms with Crippen LogP contribution >= 0.6 is 0 Å². The van der Waals surface area contributed by atoms with E-state index in [1.807, 2.05) is 41.5 Å². The Morgan fingerprint density at radius 2 is 1.43 bits per heavy atom. The third-order valence-corrected chi connectivity index (χ3v) is 4.35. The summed E-state index contributed by atoms with van der Waals surface area (Å²) in [6.07, 6.45) is 2.61. The number of ether oxygens (including phenoxy) is 2. The fraction of sp³-hybridized carbons (Fsp3) is 0.889. The Hall–Kier alpha value is -1.26. The largest absolute Gasteiger partial charge is 0.460 e. The van der Waals surface area contributed by atoms with Gasteiger partial charge in [-0.25, -0.2) is 4.79 Å². The number of piperidine rings is 1. The number of carbonyl (C=O) groups excluding carboxylic acids is 2. The Bertz CT molecular complexity index is 453. The number of rotatable bonds is 2. The van der Waals surface area contributed by atoms with E-state index in [4.69, 9.17) is 9.47 Å². The number of hydrogen-bond donors (Lipinski definition) is 0. The average Bonchev–Trinajstić information content (AvgIpc) is 3.15. The van der Waals surface area contributed by atoms with Crippen molar-refractivity contribution >= 4 is 12.1 Å². The summed E-state index contributed by atoms with van der Waals surface area (Å²) in [6, 6.07) is 0. The lowest BCUT2D eigenvalue weighted by molar-refractivity contribution is -0.157. The highest BCUT2D eigenvalue weighted by molar-refractivity contribution is 5.76. The first kappa shape index (κ1) is 18.1. The maximum absolute atomic E-state index is 12.1. The van der Waals surface area contributed by atoms with Gasteiger partial charge in [0.1, 0.15) is 11.2 Å².